The van der Waals surface area contributed by atoms with Gasteiger partial charge in [0, 0.05) is 0 Å². The van der Waals surface area contributed by atoms with Crippen molar-refractivity contribution >= 4 is 11.7 Å². The Balaban J connectivity index is 3.01. The molecular weight excluding hydrogens is 242 g/mol. The summed E-state index contributed by atoms with van der Waals surface area (Å²) in [6, 6.07) is 4.29. The highest BCUT2D eigenvalue weighted by Crippen LogP contribution is 2.36. The molecule has 0 atom stereocenters. The van der Waals surface area contributed by atoms with Crippen molar-refractivity contribution in [3.63, 3.8) is 0 Å². The predicted molar refractivity (Wildman–Crippen MR) is 62.0 cm³/mol. The lowest BCUT2D eigenvalue weighted by molar-refractivity contribution is -0.386. The molecule has 0 aliphatic carbocycles. The first-order chi connectivity index (χ1) is 8.56. The maximum atomic E-state index is 10.9. The molecule has 0 heterocycles. The number of nitrogens with zero attached hydrogens (tertiary/aromatic N) is 1. The second kappa shape index (κ2) is 6.43. The van der Waals surface area contributed by atoms with E-state index in [2.05, 4.69) is 0 Å². The summed E-state index contributed by atoms with van der Waals surface area (Å²) in [6.07, 6.45) is 0.706. The van der Waals surface area contributed by atoms with Crippen LogP contribution in [-0.2, 0) is 4.79 Å². The third-order valence-corrected chi connectivity index (χ3v) is 1.96. The highest BCUT2D eigenvalue weighted by molar-refractivity contribution is 5.69. The molecule has 7 nitrogen and oxygen atoms in total. The molecule has 0 bridgehead atoms. The number of ether oxygens (including phenoxy) is 2. The van der Waals surface area contributed by atoms with Gasteiger partial charge in [-0.05, 0) is 18.6 Å². The van der Waals surface area contributed by atoms with Gasteiger partial charge in [-0.2, -0.15) is 0 Å². The minimum absolute atomic E-state index is 0.0738. The number of rotatable bonds is 7. The molecule has 1 aromatic carbocycles. The zero-order valence-corrected chi connectivity index (χ0v) is 9.79. The third-order valence-electron chi connectivity index (χ3n) is 1.96. The second-order valence-electron chi connectivity index (χ2n) is 3.39. The van der Waals surface area contributed by atoms with Crippen molar-refractivity contribution in [1.29, 1.82) is 0 Å². The van der Waals surface area contributed by atoms with Gasteiger partial charge in [0.15, 0.2) is 6.61 Å². The summed E-state index contributed by atoms with van der Waals surface area (Å²) in [7, 11) is 0. The molecule has 1 rings (SSSR count). The first kappa shape index (κ1) is 13.8. The average Bonchev–Trinajstić information content (AvgIpc) is 2.33. The average molecular weight is 255 g/mol. The van der Waals surface area contributed by atoms with Gasteiger partial charge in [-0.1, -0.05) is 13.0 Å². The molecule has 1 aromatic rings. The van der Waals surface area contributed by atoms with Crippen molar-refractivity contribution in [2.45, 2.75) is 13.3 Å². The second-order valence-corrected chi connectivity index (χ2v) is 3.39. The first-order valence-corrected chi connectivity index (χ1v) is 5.31. The maximum Gasteiger partial charge on any atom is 0.352 e. The number of benzene rings is 1. The number of carboxylic acids is 1. The van der Waals surface area contributed by atoms with E-state index < -0.39 is 17.5 Å². The monoisotopic (exact) mass is 255 g/mol. The number of nitro benzene ring substituents is 1. The molecule has 0 saturated heterocycles. The quantitative estimate of drug-likeness (QED) is 0.589. The number of carboxylic acid groups (broad SMARTS) is 1. The number of hydrogen-bond donors (Lipinski definition) is 1. The SMILES string of the molecule is CCCOc1cccc(OCC(=O)O)c1[N+](=O)[O-]. The van der Waals surface area contributed by atoms with Crippen LogP contribution in [0.25, 0.3) is 0 Å². The smallest absolute Gasteiger partial charge is 0.352 e. The molecule has 0 aliphatic heterocycles. The molecule has 0 amide bonds. The van der Waals surface area contributed by atoms with Gasteiger partial charge in [0.05, 0.1) is 11.5 Å². The molecule has 0 fully saturated rings. The molecular formula is C11H13NO6. The number of nitro groups is 1. The zero-order chi connectivity index (χ0) is 13.5. The Hall–Kier alpha value is -2.31. The van der Waals surface area contributed by atoms with Crippen LogP contribution in [0.1, 0.15) is 13.3 Å². The van der Waals surface area contributed by atoms with Crippen molar-refractivity contribution in [3.8, 4) is 11.5 Å². The van der Waals surface area contributed by atoms with Crippen LogP contribution >= 0.6 is 0 Å². The zero-order valence-electron chi connectivity index (χ0n) is 9.79. The summed E-state index contributed by atoms with van der Waals surface area (Å²) >= 11 is 0. The van der Waals surface area contributed by atoms with Crippen molar-refractivity contribution in [2.24, 2.45) is 0 Å². The Morgan fingerprint density at radius 2 is 2.00 bits per heavy atom. The number of hydrogen-bond acceptors (Lipinski definition) is 5. The van der Waals surface area contributed by atoms with Crippen LogP contribution < -0.4 is 9.47 Å². The van der Waals surface area contributed by atoms with Gasteiger partial charge in [-0.3, -0.25) is 10.1 Å². The van der Waals surface area contributed by atoms with Crippen LogP contribution in [0.15, 0.2) is 18.2 Å². The van der Waals surface area contributed by atoms with E-state index >= 15 is 0 Å². The summed E-state index contributed by atoms with van der Waals surface area (Å²) in [5.74, 6) is -1.25. The maximum absolute atomic E-state index is 10.9. The molecule has 18 heavy (non-hydrogen) atoms. The number of carbonyl (C=O) groups is 1. The Morgan fingerprint density at radius 1 is 1.39 bits per heavy atom. The number of aliphatic carboxylic acids is 1. The van der Waals surface area contributed by atoms with Crippen LogP contribution in [0.3, 0.4) is 0 Å². The lowest BCUT2D eigenvalue weighted by Crippen LogP contribution is -2.11. The largest absolute Gasteiger partial charge is 0.487 e. The van der Waals surface area contributed by atoms with E-state index in [9.17, 15) is 14.9 Å². The van der Waals surface area contributed by atoms with E-state index in [1.807, 2.05) is 6.92 Å². The van der Waals surface area contributed by atoms with Gasteiger partial charge in [0.25, 0.3) is 0 Å². The van der Waals surface area contributed by atoms with Gasteiger partial charge in [-0.25, -0.2) is 4.79 Å². The van der Waals surface area contributed by atoms with E-state index in [0.29, 0.717) is 13.0 Å². The molecule has 1 N–H and O–H groups in total. The molecule has 0 unspecified atom stereocenters. The Bertz CT molecular complexity index is 445. The molecule has 98 valence electrons. The number of para-hydroxylation sites is 1. The van der Waals surface area contributed by atoms with E-state index in [0.717, 1.165) is 0 Å². The van der Waals surface area contributed by atoms with E-state index in [4.69, 9.17) is 14.6 Å². The normalized spacial score (nSPS) is 9.83. The molecule has 0 radical (unpaired) electrons. The lowest BCUT2D eigenvalue weighted by Gasteiger charge is -2.09. The summed E-state index contributed by atoms with van der Waals surface area (Å²) in [5.41, 5.74) is -0.354. The molecule has 0 spiro atoms. The Labute approximate surface area is 103 Å². The molecule has 0 aliphatic rings. The van der Waals surface area contributed by atoms with Crippen LogP contribution in [0.2, 0.25) is 0 Å². The molecule has 0 aromatic heterocycles. The summed E-state index contributed by atoms with van der Waals surface area (Å²) < 4.78 is 10.1. The van der Waals surface area contributed by atoms with Gasteiger partial charge >= 0.3 is 11.7 Å². The fourth-order valence-electron chi connectivity index (χ4n) is 1.27. The summed E-state index contributed by atoms with van der Waals surface area (Å²) in [6.45, 7) is 1.57. The van der Waals surface area contributed by atoms with Crippen LogP contribution in [0.5, 0.6) is 11.5 Å². The minimum Gasteiger partial charge on any atom is -0.487 e. The fourth-order valence-corrected chi connectivity index (χ4v) is 1.27. The lowest BCUT2D eigenvalue weighted by atomic mass is 10.2. The Morgan fingerprint density at radius 3 is 2.50 bits per heavy atom. The minimum atomic E-state index is -1.20. The summed E-state index contributed by atoms with van der Waals surface area (Å²) in [4.78, 5) is 20.7. The van der Waals surface area contributed by atoms with Gasteiger partial charge in [0.1, 0.15) is 0 Å². The van der Waals surface area contributed by atoms with Gasteiger partial charge in [-0.15, -0.1) is 0 Å². The van der Waals surface area contributed by atoms with Gasteiger partial charge < -0.3 is 14.6 Å². The molecule has 7 heteroatoms. The predicted octanol–water partition coefficient (Wildman–Crippen LogP) is 1.85. The highest BCUT2D eigenvalue weighted by atomic mass is 16.6. The van der Waals surface area contributed by atoms with Crippen LogP contribution in [-0.4, -0.2) is 29.2 Å². The third kappa shape index (κ3) is 3.62. The standard InChI is InChI=1S/C11H13NO6/c1-2-6-17-8-4-3-5-9(11(8)12(15)16)18-7-10(13)14/h3-5H,2,6-7H2,1H3,(H,13,14). The van der Waals surface area contributed by atoms with E-state index in [-0.39, 0.29) is 17.2 Å². The van der Waals surface area contributed by atoms with E-state index in [1.54, 1.807) is 0 Å². The Kier molecular flexibility index (Phi) is 4.91. The van der Waals surface area contributed by atoms with Gasteiger partial charge in [0.2, 0.25) is 11.5 Å². The first-order valence-electron chi connectivity index (χ1n) is 5.31. The van der Waals surface area contributed by atoms with Crippen molar-refractivity contribution < 1.29 is 24.3 Å². The van der Waals surface area contributed by atoms with Crippen molar-refractivity contribution in [1.82, 2.24) is 0 Å². The summed E-state index contributed by atoms with van der Waals surface area (Å²) in [5, 5.41) is 19.4. The fraction of sp³-hybridized carbons (Fsp3) is 0.364. The highest BCUT2D eigenvalue weighted by Gasteiger charge is 2.22. The van der Waals surface area contributed by atoms with Crippen LogP contribution in [0, 0.1) is 10.1 Å². The topological polar surface area (TPSA) is 98.9 Å². The van der Waals surface area contributed by atoms with Crippen molar-refractivity contribution in [2.75, 3.05) is 13.2 Å². The van der Waals surface area contributed by atoms with Crippen molar-refractivity contribution in [3.05, 3.63) is 28.3 Å². The van der Waals surface area contributed by atoms with E-state index in [1.165, 1.54) is 18.2 Å². The van der Waals surface area contributed by atoms with Crippen LogP contribution in [0.4, 0.5) is 5.69 Å². The molecule has 0 saturated carbocycles.